The predicted molar refractivity (Wildman–Crippen MR) is 59.4 cm³/mol. The van der Waals surface area contributed by atoms with Crippen LogP contribution in [0, 0.1) is 0 Å². The van der Waals surface area contributed by atoms with E-state index in [4.69, 9.17) is 9.15 Å². The molecule has 1 aliphatic heterocycles. The maximum absolute atomic E-state index is 5.60. The van der Waals surface area contributed by atoms with Crippen LogP contribution in [-0.4, -0.2) is 43.5 Å². The van der Waals surface area contributed by atoms with Gasteiger partial charge in [0.1, 0.15) is 0 Å². The molecule has 1 N–H and O–H groups in total. The largest absolute Gasteiger partial charge is 0.406 e. The summed E-state index contributed by atoms with van der Waals surface area (Å²) in [5.41, 5.74) is 0. The molecule has 2 heterocycles. The summed E-state index contributed by atoms with van der Waals surface area (Å²) in [6, 6.07) is 0.679. The van der Waals surface area contributed by atoms with Crippen molar-refractivity contribution < 1.29 is 9.15 Å². The fraction of sp³-hybridized carbons (Fsp3) is 0.800. The maximum Gasteiger partial charge on any atom is 0.318 e. The van der Waals surface area contributed by atoms with Gasteiger partial charge in [-0.15, -0.1) is 5.10 Å². The van der Waals surface area contributed by atoms with Crippen LogP contribution in [0.2, 0.25) is 0 Å². The second kappa shape index (κ2) is 4.80. The Bertz CT molecular complexity index is 341. The molecule has 2 rings (SSSR count). The molecule has 1 saturated heterocycles. The van der Waals surface area contributed by atoms with E-state index in [0.29, 0.717) is 11.9 Å². The van der Waals surface area contributed by atoms with Gasteiger partial charge in [0.05, 0.1) is 12.1 Å². The van der Waals surface area contributed by atoms with Gasteiger partial charge in [-0.2, -0.15) is 0 Å². The summed E-state index contributed by atoms with van der Waals surface area (Å²) in [6.45, 7) is 3.72. The first-order valence-corrected chi connectivity index (χ1v) is 5.53. The van der Waals surface area contributed by atoms with Gasteiger partial charge in [-0.1, -0.05) is 5.10 Å². The van der Waals surface area contributed by atoms with E-state index in [0.717, 1.165) is 19.5 Å². The normalized spacial score (nSPS) is 22.7. The Morgan fingerprint density at radius 2 is 2.38 bits per heavy atom. The van der Waals surface area contributed by atoms with E-state index in [9.17, 15) is 0 Å². The molecule has 90 valence electrons. The molecule has 0 spiro atoms. The molecule has 6 nitrogen and oxygen atoms in total. The van der Waals surface area contributed by atoms with E-state index in [1.165, 1.54) is 0 Å². The van der Waals surface area contributed by atoms with Crippen LogP contribution in [0.25, 0.3) is 0 Å². The third-order valence-electron chi connectivity index (χ3n) is 2.98. The average molecular weight is 226 g/mol. The molecule has 16 heavy (non-hydrogen) atoms. The van der Waals surface area contributed by atoms with Crippen LogP contribution in [-0.2, 0) is 4.74 Å². The molecule has 0 radical (unpaired) electrons. The lowest BCUT2D eigenvalue weighted by Crippen LogP contribution is -2.22. The monoisotopic (exact) mass is 226 g/mol. The number of ether oxygens (including phenoxy) is 1. The van der Waals surface area contributed by atoms with Crippen molar-refractivity contribution in [2.45, 2.75) is 25.5 Å². The van der Waals surface area contributed by atoms with E-state index in [-0.39, 0.29) is 12.1 Å². The third-order valence-corrected chi connectivity index (χ3v) is 2.98. The summed E-state index contributed by atoms with van der Waals surface area (Å²) in [5, 5.41) is 11.1. The van der Waals surface area contributed by atoms with E-state index in [1.807, 2.05) is 14.0 Å². The third kappa shape index (κ3) is 2.17. The Hall–Kier alpha value is -1.14. The lowest BCUT2D eigenvalue weighted by Gasteiger charge is -2.12. The number of hydrogen-bond acceptors (Lipinski definition) is 6. The molecule has 6 heteroatoms. The molecule has 0 saturated carbocycles. The lowest BCUT2D eigenvalue weighted by molar-refractivity contribution is 0.120. The number of anilines is 1. The highest BCUT2D eigenvalue weighted by atomic mass is 16.5. The Morgan fingerprint density at radius 3 is 3.00 bits per heavy atom. The molecule has 0 aromatic carbocycles. The van der Waals surface area contributed by atoms with Crippen molar-refractivity contribution in [3.05, 3.63) is 5.89 Å². The van der Waals surface area contributed by atoms with Crippen LogP contribution < -0.4 is 10.2 Å². The summed E-state index contributed by atoms with van der Waals surface area (Å²) in [6.07, 6.45) is 1.28. The van der Waals surface area contributed by atoms with Gasteiger partial charge in [0, 0.05) is 20.2 Å². The van der Waals surface area contributed by atoms with Crippen LogP contribution in [0.15, 0.2) is 4.42 Å². The van der Waals surface area contributed by atoms with Gasteiger partial charge in [0.2, 0.25) is 5.89 Å². The summed E-state index contributed by atoms with van der Waals surface area (Å²) in [4.78, 5) is 2.06. The van der Waals surface area contributed by atoms with Gasteiger partial charge in [0.25, 0.3) is 0 Å². The van der Waals surface area contributed by atoms with Crippen molar-refractivity contribution in [2.75, 3.05) is 32.1 Å². The summed E-state index contributed by atoms with van der Waals surface area (Å²) < 4.78 is 10.9. The van der Waals surface area contributed by atoms with Gasteiger partial charge >= 0.3 is 6.01 Å². The summed E-state index contributed by atoms with van der Waals surface area (Å²) in [7, 11) is 3.60. The van der Waals surface area contributed by atoms with E-state index in [2.05, 4.69) is 20.4 Å². The van der Waals surface area contributed by atoms with Crippen LogP contribution >= 0.6 is 0 Å². The summed E-state index contributed by atoms with van der Waals surface area (Å²) >= 11 is 0. The van der Waals surface area contributed by atoms with Gasteiger partial charge < -0.3 is 19.4 Å². The van der Waals surface area contributed by atoms with E-state index in [1.54, 1.807) is 7.11 Å². The van der Waals surface area contributed by atoms with E-state index < -0.39 is 0 Å². The second-order valence-corrected chi connectivity index (χ2v) is 4.03. The highest BCUT2D eigenvalue weighted by Gasteiger charge is 2.26. The van der Waals surface area contributed by atoms with Gasteiger partial charge in [0.15, 0.2) is 0 Å². The fourth-order valence-corrected chi connectivity index (χ4v) is 1.75. The number of nitrogens with zero attached hydrogens (tertiary/aromatic N) is 3. The van der Waals surface area contributed by atoms with Gasteiger partial charge in [-0.25, -0.2) is 0 Å². The number of hydrogen-bond donors (Lipinski definition) is 1. The van der Waals surface area contributed by atoms with Crippen LogP contribution in [0.4, 0.5) is 6.01 Å². The second-order valence-electron chi connectivity index (χ2n) is 4.03. The minimum absolute atomic E-state index is 0.0853. The van der Waals surface area contributed by atoms with Crippen LogP contribution in [0.1, 0.15) is 25.3 Å². The smallest absolute Gasteiger partial charge is 0.318 e. The molecule has 0 aliphatic carbocycles. The number of aromatic nitrogens is 2. The first-order valence-electron chi connectivity index (χ1n) is 5.53. The van der Waals surface area contributed by atoms with Crippen molar-refractivity contribution in [3.63, 3.8) is 0 Å². The lowest BCUT2D eigenvalue weighted by atomic mass is 10.3. The first-order chi connectivity index (χ1) is 7.74. The minimum atomic E-state index is 0.0853. The Balaban J connectivity index is 2.02. The van der Waals surface area contributed by atoms with Gasteiger partial charge in [-0.05, 0) is 20.4 Å². The zero-order chi connectivity index (χ0) is 11.5. The molecule has 1 fully saturated rings. The Kier molecular flexibility index (Phi) is 3.40. The van der Waals surface area contributed by atoms with Crippen LogP contribution in [0.5, 0.6) is 0 Å². The molecule has 1 aromatic rings. The molecular weight excluding hydrogens is 208 g/mol. The number of methoxy groups -OCH3 is 1. The van der Waals surface area contributed by atoms with Crippen molar-refractivity contribution in [1.29, 1.82) is 0 Å². The SMILES string of the molecule is CNC(C)c1nnc(N2CCC(OC)C2)o1. The zero-order valence-corrected chi connectivity index (χ0v) is 9.93. The highest BCUT2D eigenvalue weighted by Crippen LogP contribution is 2.22. The maximum atomic E-state index is 5.60. The first kappa shape index (κ1) is 11.3. The Labute approximate surface area is 95.0 Å². The molecule has 1 aromatic heterocycles. The Morgan fingerprint density at radius 1 is 1.56 bits per heavy atom. The predicted octanol–water partition coefficient (Wildman–Crippen LogP) is 0.575. The minimum Gasteiger partial charge on any atom is -0.406 e. The van der Waals surface area contributed by atoms with E-state index >= 15 is 0 Å². The van der Waals surface area contributed by atoms with Crippen molar-refractivity contribution in [3.8, 4) is 0 Å². The summed E-state index contributed by atoms with van der Waals surface area (Å²) in [5.74, 6) is 0.623. The molecule has 0 amide bonds. The molecule has 2 atom stereocenters. The fourth-order valence-electron chi connectivity index (χ4n) is 1.75. The average Bonchev–Trinajstić information content (AvgIpc) is 2.95. The molecule has 0 bridgehead atoms. The van der Waals surface area contributed by atoms with Crippen molar-refractivity contribution >= 4 is 6.01 Å². The van der Waals surface area contributed by atoms with Gasteiger partial charge in [-0.3, -0.25) is 0 Å². The highest BCUT2D eigenvalue weighted by molar-refractivity contribution is 5.27. The van der Waals surface area contributed by atoms with Crippen molar-refractivity contribution in [1.82, 2.24) is 15.5 Å². The number of nitrogens with one attached hydrogen (secondary N) is 1. The topological polar surface area (TPSA) is 63.4 Å². The standard InChI is InChI=1S/C10H18N4O2/c1-7(11-2)9-12-13-10(16-9)14-5-4-8(6-14)15-3/h7-8,11H,4-6H2,1-3H3. The van der Waals surface area contributed by atoms with Crippen molar-refractivity contribution in [2.24, 2.45) is 0 Å². The zero-order valence-electron chi connectivity index (χ0n) is 9.93. The quantitative estimate of drug-likeness (QED) is 0.810. The molecule has 2 unspecified atom stereocenters. The molecule has 1 aliphatic rings. The molecular formula is C10H18N4O2. The number of rotatable bonds is 4. The van der Waals surface area contributed by atoms with Crippen LogP contribution in [0.3, 0.4) is 0 Å².